The Morgan fingerprint density at radius 1 is 1.47 bits per heavy atom. The van der Waals surface area contributed by atoms with Gasteiger partial charge < -0.3 is 15.2 Å². The molecule has 19 heavy (non-hydrogen) atoms. The molecule has 1 fully saturated rings. The van der Waals surface area contributed by atoms with Gasteiger partial charge in [-0.05, 0) is 25.8 Å². The lowest BCUT2D eigenvalue weighted by Gasteiger charge is -2.28. The topological polar surface area (TPSA) is 41.5 Å². The maximum atomic E-state index is 13.5. The zero-order valence-corrected chi connectivity index (χ0v) is 10.9. The third-order valence-corrected chi connectivity index (χ3v) is 3.41. The van der Waals surface area contributed by atoms with E-state index >= 15 is 0 Å². The summed E-state index contributed by atoms with van der Waals surface area (Å²) in [4.78, 5) is 0. The molecule has 5 heteroatoms. The second-order valence-electron chi connectivity index (χ2n) is 4.99. The Balaban J connectivity index is 1.88. The number of hydrogen-bond acceptors (Lipinski definition) is 3. The Labute approximate surface area is 111 Å². The van der Waals surface area contributed by atoms with Gasteiger partial charge in [-0.2, -0.15) is 0 Å². The highest BCUT2D eigenvalue weighted by Crippen LogP contribution is 2.19. The summed E-state index contributed by atoms with van der Waals surface area (Å²) in [6, 6.07) is 3.48. The van der Waals surface area contributed by atoms with Crippen molar-refractivity contribution in [1.82, 2.24) is 5.32 Å². The monoisotopic (exact) mass is 271 g/mol. The number of aliphatic hydroxyl groups excluding tert-OH is 1. The van der Waals surface area contributed by atoms with Crippen molar-refractivity contribution in [2.24, 2.45) is 0 Å². The van der Waals surface area contributed by atoms with E-state index < -0.39 is 17.7 Å². The largest absolute Gasteiger partial charge is 0.387 e. The molecule has 0 saturated carbocycles. The number of ether oxygens (including phenoxy) is 1. The summed E-state index contributed by atoms with van der Waals surface area (Å²) in [6.07, 6.45) is 0.978. The normalized spacial score (nSPS) is 25.3. The zero-order valence-electron chi connectivity index (χ0n) is 10.9. The van der Waals surface area contributed by atoms with E-state index in [1.807, 2.05) is 6.92 Å². The maximum absolute atomic E-state index is 13.5. The predicted octanol–water partition coefficient (Wildman–Crippen LogP) is 2.16. The lowest BCUT2D eigenvalue weighted by atomic mass is 10.0. The maximum Gasteiger partial charge on any atom is 0.131 e. The van der Waals surface area contributed by atoms with Crippen molar-refractivity contribution in [3.05, 3.63) is 35.4 Å². The molecule has 1 aromatic carbocycles. The molecule has 1 aromatic rings. The number of hydrogen-bond donors (Lipinski definition) is 2. The lowest BCUT2D eigenvalue weighted by Crippen LogP contribution is -2.39. The molecule has 3 nitrogen and oxygen atoms in total. The molecule has 1 aliphatic heterocycles. The molecule has 106 valence electrons. The zero-order chi connectivity index (χ0) is 13.8. The van der Waals surface area contributed by atoms with Crippen LogP contribution in [-0.4, -0.2) is 30.4 Å². The van der Waals surface area contributed by atoms with Crippen LogP contribution in [-0.2, 0) is 4.74 Å². The molecule has 2 N–H and O–H groups in total. The molecule has 0 aromatic heterocycles. The van der Waals surface area contributed by atoms with Crippen LogP contribution in [0, 0.1) is 11.6 Å². The van der Waals surface area contributed by atoms with E-state index in [0.29, 0.717) is 6.61 Å². The fraction of sp³-hybridized carbons (Fsp3) is 0.571. The molecule has 1 aliphatic rings. The van der Waals surface area contributed by atoms with Gasteiger partial charge in [0.2, 0.25) is 0 Å². The first-order valence-electron chi connectivity index (χ1n) is 6.54. The van der Waals surface area contributed by atoms with Gasteiger partial charge in [0.15, 0.2) is 0 Å². The third-order valence-electron chi connectivity index (χ3n) is 3.41. The van der Waals surface area contributed by atoms with Gasteiger partial charge in [-0.15, -0.1) is 0 Å². The van der Waals surface area contributed by atoms with Crippen LogP contribution < -0.4 is 5.32 Å². The van der Waals surface area contributed by atoms with Gasteiger partial charge in [0.05, 0.1) is 12.2 Å². The Bertz CT molecular complexity index is 428. The number of benzene rings is 1. The van der Waals surface area contributed by atoms with E-state index in [2.05, 4.69) is 5.32 Å². The average molecular weight is 271 g/mol. The molecule has 1 heterocycles. The molecule has 2 rings (SSSR count). The number of aliphatic hydroxyl groups is 1. The molecular formula is C14H19F2NO2. The van der Waals surface area contributed by atoms with Crippen molar-refractivity contribution in [3.63, 3.8) is 0 Å². The van der Waals surface area contributed by atoms with Crippen molar-refractivity contribution in [2.45, 2.75) is 38.0 Å². The van der Waals surface area contributed by atoms with Gasteiger partial charge >= 0.3 is 0 Å². The van der Waals surface area contributed by atoms with Crippen LogP contribution in [0.5, 0.6) is 0 Å². The molecule has 1 saturated heterocycles. The van der Waals surface area contributed by atoms with Gasteiger partial charge in [0, 0.05) is 30.8 Å². The van der Waals surface area contributed by atoms with Crippen LogP contribution in [0.2, 0.25) is 0 Å². The van der Waals surface area contributed by atoms with Crippen LogP contribution >= 0.6 is 0 Å². The summed E-state index contributed by atoms with van der Waals surface area (Å²) in [6.45, 7) is 2.95. The minimum absolute atomic E-state index is 0.119. The standard InChI is InChI=1S/C14H19F2NO2/c1-9-6-11(4-5-19-9)17-8-14(18)12-3-2-10(15)7-13(12)16/h2-3,7,9,11,14,17-18H,4-6,8H2,1H3. The van der Waals surface area contributed by atoms with Crippen molar-refractivity contribution in [3.8, 4) is 0 Å². The molecular weight excluding hydrogens is 252 g/mol. The average Bonchev–Trinajstić information content (AvgIpc) is 2.36. The molecule has 0 aliphatic carbocycles. The Morgan fingerprint density at radius 2 is 2.26 bits per heavy atom. The summed E-state index contributed by atoms with van der Waals surface area (Å²) >= 11 is 0. The van der Waals surface area contributed by atoms with Gasteiger partial charge in [-0.25, -0.2) is 8.78 Å². The van der Waals surface area contributed by atoms with Crippen LogP contribution in [0.15, 0.2) is 18.2 Å². The second kappa shape index (κ2) is 6.41. The first-order valence-corrected chi connectivity index (χ1v) is 6.54. The highest BCUT2D eigenvalue weighted by atomic mass is 19.1. The second-order valence-corrected chi connectivity index (χ2v) is 4.99. The molecule has 0 radical (unpaired) electrons. The van der Waals surface area contributed by atoms with Crippen molar-refractivity contribution in [1.29, 1.82) is 0 Å². The Kier molecular flexibility index (Phi) is 4.85. The van der Waals surface area contributed by atoms with E-state index in [0.717, 1.165) is 25.0 Å². The summed E-state index contributed by atoms with van der Waals surface area (Å²) in [7, 11) is 0. The van der Waals surface area contributed by atoms with Crippen LogP contribution in [0.3, 0.4) is 0 Å². The van der Waals surface area contributed by atoms with Crippen molar-refractivity contribution in [2.75, 3.05) is 13.2 Å². The summed E-state index contributed by atoms with van der Waals surface area (Å²) in [5.41, 5.74) is 0.119. The predicted molar refractivity (Wildman–Crippen MR) is 67.8 cm³/mol. The highest BCUT2D eigenvalue weighted by molar-refractivity contribution is 5.21. The third kappa shape index (κ3) is 3.96. The SMILES string of the molecule is CC1CC(NCC(O)c2ccc(F)cc2F)CCO1. The van der Waals surface area contributed by atoms with Gasteiger partial charge in [0.1, 0.15) is 11.6 Å². The van der Waals surface area contributed by atoms with Crippen LogP contribution in [0.25, 0.3) is 0 Å². The van der Waals surface area contributed by atoms with Crippen LogP contribution in [0.4, 0.5) is 8.78 Å². The summed E-state index contributed by atoms with van der Waals surface area (Å²) < 4.78 is 31.7. The molecule has 0 amide bonds. The highest BCUT2D eigenvalue weighted by Gasteiger charge is 2.20. The first-order chi connectivity index (χ1) is 9.06. The van der Waals surface area contributed by atoms with Gasteiger partial charge in [-0.3, -0.25) is 0 Å². The quantitative estimate of drug-likeness (QED) is 0.881. The van der Waals surface area contributed by atoms with E-state index in [9.17, 15) is 13.9 Å². The summed E-state index contributed by atoms with van der Waals surface area (Å²) in [5.74, 6) is -1.35. The lowest BCUT2D eigenvalue weighted by molar-refractivity contribution is 0.0109. The Morgan fingerprint density at radius 3 is 2.95 bits per heavy atom. The summed E-state index contributed by atoms with van der Waals surface area (Å²) in [5, 5.41) is 13.1. The van der Waals surface area contributed by atoms with Crippen molar-refractivity contribution >= 4 is 0 Å². The minimum atomic E-state index is -0.973. The van der Waals surface area contributed by atoms with Gasteiger partial charge in [-0.1, -0.05) is 6.07 Å². The molecule has 0 spiro atoms. The molecule has 3 atom stereocenters. The van der Waals surface area contributed by atoms with Gasteiger partial charge in [0.25, 0.3) is 0 Å². The van der Waals surface area contributed by atoms with Crippen LogP contribution in [0.1, 0.15) is 31.4 Å². The fourth-order valence-electron chi connectivity index (χ4n) is 2.34. The van der Waals surface area contributed by atoms with E-state index in [1.54, 1.807) is 0 Å². The first kappa shape index (κ1) is 14.4. The fourth-order valence-corrected chi connectivity index (χ4v) is 2.34. The van der Waals surface area contributed by atoms with E-state index in [4.69, 9.17) is 4.74 Å². The number of rotatable bonds is 4. The number of nitrogens with one attached hydrogen (secondary N) is 1. The number of halogens is 2. The van der Waals surface area contributed by atoms with E-state index in [-0.39, 0.29) is 24.3 Å². The molecule has 3 unspecified atom stereocenters. The smallest absolute Gasteiger partial charge is 0.131 e. The Hall–Kier alpha value is -1.04. The van der Waals surface area contributed by atoms with E-state index in [1.165, 1.54) is 6.07 Å². The molecule has 0 bridgehead atoms. The van der Waals surface area contributed by atoms with Crippen molar-refractivity contribution < 1.29 is 18.6 Å². The minimum Gasteiger partial charge on any atom is -0.387 e.